The van der Waals surface area contributed by atoms with Crippen molar-refractivity contribution in [2.45, 2.75) is 107 Å². The number of carboxylic acid groups (broad SMARTS) is 1. The Labute approximate surface area is 418 Å². The minimum absolute atomic E-state index is 0.0591. The first-order valence-electron chi connectivity index (χ1n) is 25.4. The Morgan fingerprint density at radius 3 is 1.53 bits per heavy atom. The number of nitrogens with one attached hydrogen (secondary N) is 2. The van der Waals surface area contributed by atoms with Gasteiger partial charge in [-0.15, -0.1) is 20.4 Å². The van der Waals surface area contributed by atoms with Gasteiger partial charge in [-0.3, -0.25) is 19.2 Å². The van der Waals surface area contributed by atoms with Gasteiger partial charge in [-0.25, -0.2) is 9.59 Å². The van der Waals surface area contributed by atoms with E-state index in [-0.39, 0.29) is 48.2 Å². The number of carboxylic acids is 1. The van der Waals surface area contributed by atoms with Crippen LogP contribution in [0.1, 0.15) is 96.1 Å². The predicted molar refractivity (Wildman–Crippen MR) is 260 cm³/mol. The molecule has 10 atom stereocenters. The van der Waals surface area contributed by atoms with E-state index in [0.717, 1.165) is 49.7 Å². The number of allylic oxidation sites excluding steroid dienone is 2. The number of carbonyl (C=O) groups is 6. The first-order chi connectivity index (χ1) is 34.8. The van der Waals surface area contributed by atoms with Gasteiger partial charge >= 0.3 is 11.9 Å². The van der Waals surface area contributed by atoms with Gasteiger partial charge in [0.05, 0.1) is 42.4 Å². The number of benzene rings is 2. The van der Waals surface area contributed by atoms with E-state index >= 15 is 0 Å². The van der Waals surface area contributed by atoms with E-state index < -0.39 is 52.6 Å². The number of amides is 4. The molecular weight excluding hydrogens is 921 g/mol. The fourth-order valence-corrected chi connectivity index (χ4v) is 11.0. The summed E-state index contributed by atoms with van der Waals surface area (Å²) in [7, 11) is 3.56. The van der Waals surface area contributed by atoms with Gasteiger partial charge in [-0.2, -0.15) is 9.59 Å². The lowest BCUT2D eigenvalue weighted by Gasteiger charge is -2.26. The molecule has 4 aromatic rings. The first kappa shape index (κ1) is 49.8. The molecular formula is C52H64N12O8. The third kappa shape index (κ3) is 10.4. The van der Waals surface area contributed by atoms with Gasteiger partial charge in [-0.05, 0) is 94.4 Å². The van der Waals surface area contributed by atoms with Crippen molar-refractivity contribution in [3.63, 3.8) is 0 Å². The van der Waals surface area contributed by atoms with Crippen molar-refractivity contribution >= 4 is 35.6 Å². The highest BCUT2D eigenvalue weighted by Gasteiger charge is 2.63. The Bertz CT molecular complexity index is 2690. The average Bonchev–Trinajstić information content (AvgIpc) is 3.81. The molecule has 4 fully saturated rings. The Balaban J connectivity index is 0.000000178. The van der Waals surface area contributed by atoms with Gasteiger partial charge in [0.1, 0.15) is 11.1 Å². The molecule has 3 N–H and O–H groups in total. The van der Waals surface area contributed by atoms with Crippen LogP contribution >= 0.6 is 0 Å². The normalized spacial score (nSPS) is 31.6. The van der Waals surface area contributed by atoms with E-state index in [9.17, 15) is 33.9 Å². The van der Waals surface area contributed by atoms with E-state index in [0.29, 0.717) is 63.3 Å². The molecule has 380 valence electrons. The molecule has 2 aliphatic heterocycles. The lowest BCUT2D eigenvalue weighted by atomic mass is 9.93. The van der Waals surface area contributed by atoms with E-state index in [2.05, 4.69) is 47.5 Å². The van der Waals surface area contributed by atoms with E-state index in [1.165, 1.54) is 9.59 Å². The highest BCUT2D eigenvalue weighted by atomic mass is 16.5. The van der Waals surface area contributed by atoms with Crippen LogP contribution in [0.2, 0.25) is 0 Å². The van der Waals surface area contributed by atoms with Gasteiger partial charge in [0.15, 0.2) is 0 Å². The maximum absolute atomic E-state index is 13.7. The van der Waals surface area contributed by atoms with E-state index in [1.807, 2.05) is 78.9 Å². The standard InChI is InChI=1S/C27H34N6O4.C25H30N6O4/c1-3-37-26(36)27-17-19(27)13-9-4-5-10-14-32(2)25(35)22-16-20(15-21(22)24(34)28-27)33-30-23(29-31-33)18-11-7-6-8-12-18;1-30-12-8-3-2-7-11-17-15-25(17,24(34)35)26-22(32)19-13-18(14-20(19)23(30)33)31-28-21(27-29-31)16-9-5-4-6-10-16/h6-9,11-13,19-22H,3-5,10,14-17H2,1-2H3,(H,28,34);4-7,9-11,17-20H,2-3,8,12-15H2,1H3,(H,26,32)(H,34,35)/b13-9-;11-7-/t19-,20-,21-,22-,27-;17-,18-,19-,20-,25-/m11/s1. The molecule has 4 amide bonds. The Morgan fingerprint density at radius 2 is 1.07 bits per heavy atom. The molecule has 4 aliphatic carbocycles. The fraction of sp³-hybridized carbons (Fsp3) is 0.538. The third-order valence-electron chi connectivity index (χ3n) is 15.4. The quantitative estimate of drug-likeness (QED) is 0.169. The predicted octanol–water partition coefficient (Wildman–Crippen LogP) is 4.61. The summed E-state index contributed by atoms with van der Waals surface area (Å²) < 4.78 is 5.33. The minimum Gasteiger partial charge on any atom is -0.479 e. The number of rotatable bonds is 7. The lowest BCUT2D eigenvalue weighted by Crippen LogP contribution is -2.50. The Hall–Kier alpha value is -7.12. The largest absolute Gasteiger partial charge is 0.479 e. The highest BCUT2D eigenvalue weighted by molar-refractivity contribution is 5.96. The van der Waals surface area contributed by atoms with Gasteiger partial charge < -0.3 is 30.3 Å². The van der Waals surface area contributed by atoms with Crippen LogP contribution in [-0.4, -0.2) is 136 Å². The fourth-order valence-electron chi connectivity index (χ4n) is 11.0. The number of hydrogen-bond donors (Lipinski definition) is 3. The second kappa shape index (κ2) is 21.3. The van der Waals surface area contributed by atoms with Crippen LogP contribution in [-0.2, 0) is 33.5 Å². The minimum atomic E-state index is -1.29. The zero-order valence-electron chi connectivity index (χ0n) is 41.1. The maximum atomic E-state index is 13.7. The van der Waals surface area contributed by atoms with Gasteiger partial charge in [0.2, 0.25) is 35.3 Å². The summed E-state index contributed by atoms with van der Waals surface area (Å²) in [5.41, 5.74) is -0.665. The Morgan fingerprint density at radius 1 is 0.639 bits per heavy atom. The number of tetrazole rings is 2. The number of hydrogen-bond acceptors (Lipinski definition) is 13. The molecule has 2 aromatic carbocycles. The summed E-state index contributed by atoms with van der Waals surface area (Å²) >= 11 is 0. The van der Waals surface area contributed by atoms with Gasteiger partial charge in [0, 0.05) is 50.1 Å². The van der Waals surface area contributed by atoms with Crippen LogP contribution in [0.4, 0.5) is 0 Å². The zero-order valence-corrected chi connectivity index (χ0v) is 41.1. The molecule has 4 saturated carbocycles. The van der Waals surface area contributed by atoms with Gasteiger partial charge in [-0.1, -0.05) is 85.0 Å². The summed E-state index contributed by atoms with van der Waals surface area (Å²) in [5.74, 6) is -4.00. The van der Waals surface area contributed by atoms with Crippen LogP contribution < -0.4 is 10.6 Å². The second-order valence-electron chi connectivity index (χ2n) is 20.2. The number of carbonyl (C=O) groups excluding carboxylic acids is 5. The van der Waals surface area contributed by atoms with E-state index in [4.69, 9.17) is 4.74 Å². The molecule has 2 aromatic heterocycles. The molecule has 0 spiro atoms. The van der Waals surface area contributed by atoms with Crippen molar-refractivity contribution in [2.75, 3.05) is 33.8 Å². The van der Waals surface area contributed by atoms with Crippen LogP contribution in [0.15, 0.2) is 85.0 Å². The molecule has 0 radical (unpaired) electrons. The summed E-state index contributed by atoms with van der Waals surface area (Å²) in [4.78, 5) is 85.5. The number of aliphatic carboxylic acids is 1. The van der Waals surface area contributed by atoms with Crippen molar-refractivity contribution in [2.24, 2.45) is 35.5 Å². The third-order valence-corrected chi connectivity index (χ3v) is 15.4. The van der Waals surface area contributed by atoms with Crippen LogP contribution in [0, 0.1) is 35.5 Å². The number of esters is 1. The van der Waals surface area contributed by atoms with Gasteiger partial charge in [0.25, 0.3) is 0 Å². The number of aromatic nitrogens is 8. The summed E-state index contributed by atoms with van der Waals surface area (Å²) in [5, 5.41) is 41.7. The molecule has 10 rings (SSSR count). The lowest BCUT2D eigenvalue weighted by molar-refractivity contribution is -0.150. The second-order valence-corrected chi connectivity index (χ2v) is 20.2. The SMILES string of the molecule is CCOC(=O)[C@@]12C[C@H]1/C=C\CCCCN(C)C(=O)[C@@H]1C[C@H](n3nnc(-c4ccccc4)n3)C[C@H]1C(=O)N2.CN1CCCC/C=C\[C@@H]2C[C@@]2(C(=O)O)NC(=O)[C@@H]2C[C@@H](n3nnc(-c4ccccc4)n3)C[C@H]2C1=O. The highest BCUT2D eigenvalue weighted by Crippen LogP contribution is 2.49. The molecule has 0 unspecified atom stereocenters. The molecule has 20 heteroatoms. The van der Waals surface area contributed by atoms with Crippen LogP contribution in [0.25, 0.3) is 22.8 Å². The van der Waals surface area contributed by atoms with Crippen LogP contribution in [0.3, 0.4) is 0 Å². The average molecular weight is 985 g/mol. The summed E-state index contributed by atoms with van der Waals surface area (Å²) in [6.07, 6.45) is 15.7. The molecule has 0 bridgehead atoms. The zero-order chi connectivity index (χ0) is 50.6. The number of ether oxygens (including phenoxy) is 1. The van der Waals surface area contributed by atoms with Crippen LogP contribution in [0.5, 0.6) is 0 Å². The molecule has 4 heterocycles. The van der Waals surface area contributed by atoms with E-state index in [1.54, 1.807) is 30.8 Å². The monoisotopic (exact) mass is 984 g/mol. The molecule has 20 nitrogen and oxygen atoms in total. The van der Waals surface area contributed by atoms with Crippen molar-refractivity contribution < 1.29 is 38.6 Å². The van der Waals surface area contributed by atoms with Crippen molar-refractivity contribution in [3.05, 3.63) is 85.0 Å². The van der Waals surface area contributed by atoms with Crippen molar-refractivity contribution in [3.8, 4) is 22.8 Å². The first-order valence-corrected chi connectivity index (χ1v) is 25.4. The maximum Gasteiger partial charge on any atom is 0.332 e. The topological polar surface area (TPSA) is 250 Å². The Kier molecular flexibility index (Phi) is 14.7. The van der Waals surface area contributed by atoms with Crippen molar-refractivity contribution in [1.82, 2.24) is 60.8 Å². The summed E-state index contributed by atoms with van der Waals surface area (Å²) in [6, 6.07) is 18.5. The smallest absolute Gasteiger partial charge is 0.332 e. The molecule has 6 aliphatic rings. The number of nitrogens with zero attached hydrogens (tertiary/aromatic N) is 10. The summed E-state index contributed by atoms with van der Waals surface area (Å²) in [6.45, 7) is 3.25. The number of fused-ring (bicyclic) bond motifs is 4. The molecule has 72 heavy (non-hydrogen) atoms. The van der Waals surface area contributed by atoms with Crippen molar-refractivity contribution in [1.29, 1.82) is 0 Å². The molecule has 0 saturated heterocycles.